The van der Waals surface area contributed by atoms with Crippen molar-refractivity contribution in [2.45, 2.75) is 29.5 Å². The van der Waals surface area contributed by atoms with Gasteiger partial charge in [-0.3, -0.25) is 4.79 Å². The van der Waals surface area contributed by atoms with E-state index in [-0.39, 0.29) is 28.6 Å². The topological polar surface area (TPSA) is 118 Å². The highest BCUT2D eigenvalue weighted by Gasteiger charge is 2.41. The smallest absolute Gasteiger partial charge is 0.308 e. The van der Waals surface area contributed by atoms with Crippen LogP contribution in [-0.2, 0) is 31.1 Å². The van der Waals surface area contributed by atoms with E-state index in [1.807, 2.05) is 0 Å². The van der Waals surface area contributed by atoms with E-state index in [1.165, 1.54) is 12.1 Å². The van der Waals surface area contributed by atoms with E-state index in [1.54, 1.807) is 6.92 Å². The van der Waals surface area contributed by atoms with Crippen LogP contribution in [0.3, 0.4) is 0 Å². The molecular formula is C11H15NO6S3. The van der Waals surface area contributed by atoms with Crippen LogP contribution in [0.25, 0.3) is 0 Å². The summed E-state index contributed by atoms with van der Waals surface area (Å²) in [7, 11) is -7.08. The quantitative estimate of drug-likeness (QED) is 0.782. The molecule has 1 aliphatic rings. The maximum atomic E-state index is 12.3. The Morgan fingerprint density at radius 3 is 2.67 bits per heavy atom. The number of nitrogens with one attached hydrogen (secondary N) is 1. The molecule has 2 N–H and O–H groups in total. The van der Waals surface area contributed by atoms with Crippen molar-refractivity contribution in [3.05, 3.63) is 17.0 Å². The summed E-state index contributed by atoms with van der Waals surface area (Å²) in [6.07, 6.45) is -0.0201. The lowest BCUT2D eigenvalue weighted by Crippen LogP contribution is -2.46. The molecular weight excluding hydrogens is 338 g/mol. The van der Waals surface area contributed by atoms with Gasteiger partial charge in [0.15, 0.2) is 9.84 Å². The van der Waals surface area contributed by atoms with Crippen molar-refractivity contribution in [2.24, 2.45) is 0 Å². The van der Waals surface area contributed by atoms with Crippen LogP contribution < -0.4 is 4.72 Å². The second kappa shape index (κ2) is 5.34. The Morgan fingerprint density at radius 2 is 2.14 bits per heavy atom. The third kappa shape index (κ3) is 4.02. The third-order valence-corrected chi connectivity index (χ3v) is 8.23. The fraction of sp³-hybridized carbons (Fsp3) is 0.545. The van der Waals surface area contributed by atoms with Crippen molar-refractivity contribution >= 4 is 37.2 Å². The second-order valence-electron chi connectivity index (χ2n) is 5.30. The number of thiophene rings is 1. The average molecular weight is 353 g/mol. The lowest BCUT2D eigenvalue weighted by Gasteiger charge is -2.22. The van der Waals surface area contributed by atoms with Gasteiger partial charge < -0.3 is 5.11 Å². The molecule has 21 heavy (non-hydrogen) atoms. The van der Waals surface area contributed by atoms with Gasteiger partial charge in [0.25, 0.3) is 10.0 Å². The van der Waals surface area contributed by atoms with Crippen LogP contribution in [0.4, 0.5) is 0 Å². The minimum Gasteiger partial charge on any atom is -0.481 e. The standard InChI is InChI=1S/C11H15NO6S3/c1-11(4-5-20(15,16)7-11)12-21(17,18)10-3-2-8(19-10)6-9(13)14/h2-3,12H,4-7H2,1H3,(H,13,14). The summed E-state index contributed by atoms with van der Waals surface area (Å²) in [5, 5.41) is 8.68. The SMILES string of the molecule is CC1(NS(=O)(=O)c2ccc(CC(=O)O)s2)CCS(=O)(=O)C1. The number of aliphatic carboxylic acids is 1. The van der Waals surface area contributed by atoms with Gasteiger partial charge in [0.2, 0.25) is 0 Å². The molecule has 0 radical (unpaired) electrons. The molecule has 1 fully saturated rings. The van der Waals surface area contributed by atoms with Gasteiger partial charge in [-0.2, -0.15) is 0 Å². The van der Waals surface area contributed by atoms with Gasteiger partial charge in [-0.15, -0.1) is 11.3 Å². The maximum absolute atomic E-state index is 12.3. The molecule has 1 atom stereocenters. The molecule has 0 aliphatic carbocycles. The highest BCUT2D eigenvalue weighted by molar-refractivity contribution is 7.92. The molecule has 0 spiro atoms. The van der Waals surface area contributed by atoms with Crippen LogP contribution in [0, 0.1) is 0 Å². The molecule has 0 aromatic carbocycles. The van der Waals surface area contributed by atoms with E-state index in [0.29, 0.717) is 4.88 Å². The summed E-state index contributed by atoms with van der Waals surface area (Å²) in [5.41, 5.74) is -1.02. The maximum Gasteiger partial charge on any atom is 0.308 e. The van der Waals surface area contributed by atoms with E-state index in [9.17, 15) is 21.6 Å². The van der Waals surface area contributed by atoms with Gasteiger partial charge in [-0.05, 0) is 25.5 Å². The summed E-state index contributed by atoms with van der Waals surface area (Å²) in [6, 6.07) is 2.78. The number of sulfonamides is 1. The number of carboxylic acid groups (broad SMARTS) is 1. The van der Waals surface area contributed by atoms with E-state index in [2.05, 4.69) is 4.72 Å². The first-order valence-corrected chi connectivity index (χ1v) is 10.2. The first-order valence-electron chi connectivity index (χ1n) is 6.06. The highest BCUT2D eigenvalue weighted by Crippen LogP contribution is 2.28. The Labute approximate surface area is 127 Å². The molecule has 1 aromatic heterocycles. The van der Waals surface area contributed by atoms with Crippen molar-refractivity contribution in [3.8, 4) is 0 Å². The van der Waals surface area contributed by atoms with Crippen LogP contribution in [0.2, 0.25) is 0 Å². The fourth-order valence-electron chi connectivity index (χ4n) is 2.21. The molecule has 1 aliphatic heterocycles. The normalized spacial score (nSPS) is 25.0. The lowest BCUT2D eigenvalue weighted by molar-refractivity contribution is -0.136. The van der Waals surface area contributed by atoms with E-state index >= 15 is 0 Å². The Balaban J connectivity index is 2.19. The van der Waals surface area contributed by atoms with Gasteiger partial charge >= 0.3 is 5.97 Å². The van der Waals surface area contributed by atoms with Gasteiger partial charge in [0, 0.05) is 10.4 Å². The van der Waals surface area contributed by atoms with Crippen LogP contribution in [0.15, 0.2) is 16.3 Å². The summed E-state index contributed by atoms with van der Waals surface area (Å²) < 4.78 is 49.9. The summed E-state index contributed by atoms with van der Waals surface area (Å²) in [6.45, 7) is 1.56. The van der Waals surface area contributed by atoms with Crippen LogP contribution >= 0.6 is 11.3 Å². The van der Waals surface area contributed by atoms with Crippen molar-refractivity contribution < 1.29 is 26.7 Å². The van der Waals surface area contributed by atoms with E-state index in [0.717, 1.165) is 11.3 Å². The summed E-state index contributed by atoms with van der Waals surface area (Å²) in [5.74, 6) is -1.31. The number of carboxylic acids is 1. The molecule has 2 heterocycles. The molecule has 7 nitrogen and oxygen atoms in total. The Hall–Kier alpha value is -0.970. The van der Waals surface area contributed by atoms with Crippen molar-refractivity contribution in [3.63, 3.8) is 0 Å². The number of sulfone groups is 1. The summed E-state index contributed by atoms with van der Waals surface area (Å²) >= 11 is 0.869. The van der Waals surface area contributed by atoms with Crippen LogP contribution in [0.1, 0.15) is 18.2 Å². The molecule has 0 amide bonds. The van der Waals surface area contributed by atoms with Crippen molar-refractivity contribution in [1.29, 1.82) is 0 Å². The molecule has 1 unspecified atom stereocenters. The second-order valence-corrected chi connectivity index (χ2v) is 10.6. The zero-order valence-corrected chi connectivity index (χ0v) is 13.6. The minimum atomic E-state index is -3.86. The van der Waals surface area contributed by atoms with Gasteiger partial charge in [0.1, 0.15) is 4.21 Å². The van der Waals surface area contributed by atoms with Gasteiger partial charge in [0.05, 0.1) is 17.9 Å². The number of hydrogen-bond acceptors (Lipinski definition) is 6. The van der Waals surface area contributed by atoms with Crippen molar-refractivity contribution in [2.75, 3.05) is 11.5 Å². The Kier molecular flexibility index (Phi) is 4.17. The van der Waals surface area contributed by atoms with E-state index < -0.39 is 31.4 Å². The predicted octanol–water partition coefficient (Wildman–Crippen LogP) is 0.231. The summed E-state index contributed by atoms with van der Waals surface area (Å²) in [4.78, 5) is 11.0. The minimum absolute atomic E-state index is 0.00993. The zero-order chi connectivity index (χ0) is 15.9. The molecule has 0 bridgehead atoms. The van der Waals surface area contributed by atoms with Crippen LogP contribution in [-0.4, -0.2) is 45.0 Å². The first-order chi connectivity index (χ1) is 9.51. The molecule has 118 valence electrons. The molecule has 2 rings (SSSR count). The van der Waals surface area contributed by atoms with E-state index in [4.69, 9.17) is 5.11 Å². The third-order valence-electron chi connectivity index (χ3n) is 3.11. The van der Waals surface area contributed by atoms with Gasteiger partial charge in [-0.25, -0.2) is 21.6 Å². The molecule has 1 saturated heterocycles. The van der Waals surface area contributed by atoms with Crippen molar-refractivity contribution in [1.82, 2.24) is 4.72 Å². The Morgan fingerprint density at radius 1 is 1.48 bits per heavy atom. The zero-order valence-electron chi connectivity index (χ0n) is 11.2. The largest absolute Gasteiger partial charge is 0.481 e. The van der Waals surface area contributed by atoms with Gasteiger partial charge in [-0.1, -0.05) is 0 Å². The molecule has 1 aromatic rings. The number of rotatable bonds is 5. The first kappa shape index (κ1) is 16.4. The monoisotopic (exact) mass is 353 g/mol. The lowest BCUT2D eigenvalue weighted by atomic mass is 10.0. The molecule has 0 saturated carbocycles. The van der Waals surface area contributed by atoms with Crippen LogP contribution in [0.5, 0.6) is 0 Å². The fourth-order valence-corrected chi connectivity index (χ4v) is 7.18. The molecule has 10 heteroatoms. The highest BCUT2D eigenvalue weighted by atomic mass is 32.2. The number of hydrogen-bond donors (Lipinski definition) is 2. The average Bonchev–Trinajstić information content (AvgIpc) is 2.82. The predicted molar refractivity (Wildman–Crippen MR) is 77.7 cm³/mol. The Bertz CT molecular complexity index is 764. The number of carbonyl (C=O) groups is 1.